The summed E-state index contributed by atoms with van der Waals surface area (Å²) in [4.78, 5) is 13.5. The van der Waals surface area contributed by atoms with Crippen molar-refractivity contribution in [1.82, 2.24) is 24.6 Å². The van der Waals surface area contributed by atoms with Crippen LogP contribution >= 0.6 is 0 Å². The van der Waals surface area contributed by atoms with Gasteiger partial charge in [0.1, 0.15) is 5.82 Å². The fourth-order valence-electron chi connectivity index (χ4n) is 5.08. The topological polar surface area (TPSA) is 68.0 Å². The van der Waals surface area contributed by atoms with Crippen molar-refractivity contribution in [1.29, 1.82) is 0 Å². The molecule has 0 amide bonds. The molecule has 6 rings (SSSR count). The average Bonchev–Trinajstić information content (AvgIpc) is 3.49. The molecule has 0 spiro atoms. The SMILES string of the molecule is CC(C)c1cnn2c(NC3CCC4=C(C=C(c5ccccc5)C4)C3)nc(-c3cncc(F)c3)nc12. The van der Waals surface area contributed by atoms with Gasteiger partial charge in [-0.3, -0.25) is 4.98 Å². The number of nitrogens with one attached hydrogen (secondary N) is 1. The molecule has 0 bridgehead atoms. The van der Waals surface area contributed by atoms with Gasteiger partial charge in [0.15, 0.2) is 11.5 Å². The molecule has 3 aromatic heterocycles. The zero-order chi connectivity index (χ0) is 23.9. The number of aromatic nitrogens is 5. The molecule has 1 unspecified atom stereocenters. The van der Waals surface area contributed by atoms with Crippen molar-refractivity contribution in [3.63, 3.8) is 0 Å². The monoisotopic (exact) mass is 466 g/mol. The Labute approximate surface area is 203 Å². The summed E-state index contributed by atoms with van der Waals surface area (Å²) in [6.45, 7) is 4.23. The van der Waals surface area contributed by atoms with Gasteiger partial charge < -0.3 is 5.32 Å². The third-order valence-corrected chi connectivity index (χ3v) is 6.93. The van der Waals surface area contributed by atoms with E-state index < -0.39 is 5.82 Å². The number of allylic oxidation sites excluding steroid dienone is 3. The van der Waals surface area contributed by atoms with E-state index in [-0.39, 0.29) is 12.0 Å². The van der Waals surface area contributed by atoms with Crippen LogP contribution in [0.5, 0.6) is 0 Å². The molecule has 0 aliphatic heterocycles. The minimum Gasteiger partial charge on any atom is -0.351 e. The Hall–Kier alpha value is -3.87. The van der Waals surface area contributed by atoms with Crippen LogP contribution in [0.4, 0.5) is 10.3 Å². The van der Waals surface area contributed by atoms with Gasteiger partial charge in [-0.2, -0.15) is 14.6 Å². The second-order valence-corrected chi connectivity index (χ2v) is 9.68. The third-order valence-electron chi connectivity index (χ3n) is 6.93. The van der Waals surface area contributed by atoms with Crippen LogP contribution in [0.25, 0.3) is 22.6 Å². The molecule has 176 valence electrons. The Balaban J connectivity index is 1.32. The van der Waals surface area contributed by atoms with Crippen molar-refractivity contribution in [2.45, 2.75) is 51.5 Å². The van der Waals surface area contributed by atoms with Gasteiger partial charge >= 0.3 is 0 Å². The molecule has 0 fully saturated rings. The molecule has 4 aromatic rings. The van der Waals surface area contributed by atoms with Crippen molar-refractivity contribution >= 4 is 17.2 Å². The van der Waals surface area contributed by atoms with Gasteiger partial charge in [0.2, 0.25) is 5.95 Å². The number of hydrogen-bond donors (Lipinski definition) is 1. The number of benzene rings is 1. The first kappa shape index (κ1) is 21.6. The number of pyridine rings is 1. The summed E-state index contributed by atoms with van der Waals surface area (Å²) in [5.74, 6) is 0.904. The van der Waals surface area contributed by atoms with Crippen molar-refractivity contribution in [3.8, 4) is 11.4 Å². The molecule has 2 aliphatic carbocycles. The molecule has 1 aromatic carbocycles. The Kier molecular flexibility index (Phi) is 5.40. The van der Waals surface area contributed by atoms with E-state index in [2.05, 4.69) is 65.7 Å². The van der Waals surface area contributed by atoms with Gasteiger partial charge in [-0.05, 0) is 54.4 Å². The predicted octanol–water partition coefficient (Wildman–Crippen LogP) is 6.20. The molecular formula is C28H27FN6. The number of nitrogens with zero attached hydrogens (tertiary/aromatic N) is 5. The first-order chi connectivity index (χ1) is 17.0. The van der Waals surface area contributed by atoms with E-state index in [4.69, 9.17) is 9.97 Å². The second-order valence-electron chi connectivity index (χ2n) is 9.68. The fraction of sp³-hybridized carbons (Fsp3) is 0.286. The van der Waals surface area contributed by atoms with Gasteiger partial charge in [-0.15, -0.1) is 0 Å². The van der Waals surface area contributed by atoms with E-state index in [0.717, 1.165) is 36.9 Å². The van der Waals surface area contributed by atoms with E-state index in [1.165, 1.54) is 29.0 Å². The highest BCUT2D eigenvalue weighted by Crippen LogP contribution is 2.40. The lowest BCUT2D eigenvalue weighted by Crippen LogP contribution is -2.25. The maximum Gasteiger partial charge on any atom is 0.228 e. The lowest BCUT2D eigenvalue weighted by atomic mass is 9.89. The van der Waals surface area contributed by atoms with Crippen LogP contribution < -0.4 is 5.32 Å². The zero-order valence-electron chi connectivity index (χ0n) is 19.9. The number of hydrogen-bond acceptors (Lipinski definition) is 5. The van der Waals surface area contributed by atoms with Crippen LogP contribution in [0.3, 0.4) is 0 Å². The van der Waals surface area contributed by atoms with Crippen molar-refractivity contribution in [3.05, 3.63) is 89.2 Å². The molecule has 3 heterocycles. The van der Waals surface area contributed by atoms with Gasteiger partial charge in [0.25, 0.3) is 0 Å². The normalized spacial score (nSPS) is 17.7. The molecule has 7 heteroatoms. The molecule has 0 radical (unpaired) electrons. The quantitative estimate of drug-likeness (QED) is 0.379. The summed E-state index contributed by atoms with van der Waals surface area (Å²) >= 11 is 0. The Morgan fingerprint density at radius 1 is 1.06 bits per heavy atom. The van der Waals surface area contributed by atoms with Gasteiger partial charge in [-0.1, -0.05) is 55.8 Å². The minimum absolute atomic E-state index is 0.225. The van der Waals surface area contributed by atoms with Crippen molar-refractivity contribution in [2.24, 2.45) is 0 Å². The molecule has 1 N–H and O–H groups in total. The maximum atomic E-state index is 13.9. The summed E-state index contributed by atoms with van der Waals surface area (Å²) in [7, 11) is 0. The summed E-state index contributed by atoms with van der Waals surface area (Å²) in [6.07, 6.45) is 11.1. The predicted molar refractivity (Wildman–Crippen MR) is 135 cm³/mol. The summed E-state index contributed by atoms with van der Waals surface area (Å²) < 4.78 is 15.7. The highest BCUT2D eigenvalue weighted by atomic mass is 19.1. The lowest BCUT2D eigenvalue weighted by molar-refractivity contribution is 0.601. The summed E-state index contributed by atoms with van der Waals surface area (Å²) in [5.41, 5.74) is 7.98. The smallest absolute Gasteiger partial charge is 0.228 e. The van der Waals surface area contributed by atoms with Gasteiger partial charge in [0, 0.05) is 23.4 Å². The molecule has 0 saturated heterocycles. The third kappa shape index (κ3) is 4.11. The first-order valence-corrected chi connectivity index (χ1v) is 12.1. The number of halogens is 1. The molecule has 2 aliphatic rings. The summed E-state index contributed by atoms with van der Waals surface area (Å²) in [6, 6.07) is 12.3. The highest BCUT2D eigenvalue weighted by molar-refractivity contribution is 5.74. The van der Waals surface area contributed by atoms with Crippen LogP contribution in [0, 0.1) is 5.82 Å². The van der Waals surface area contributed by atoms with Crippen molar-refractivity contribution < 1.29 is 4.39 Å². The van der Waals surface area contributed by atoms with Crippen LogP contribution in [0.2, 0.25) is 0 Å². The highest BCUT2D eigenvalue weighted by Gasteiger charge is 2.26. The Morgan fingerprint density at radius 3 is 2.71 bits per heavy atom. The van der Waals surface area contributed by atoms with Crippen LogP contribution in [0.1, 0.15) is 56.6 Å². The van der Waals surface area contributed by atoms with E-state index in [0.29, 0.717) is 17.3 Å². The number of fused-ring (bicyclic) bond motifs is 1. The van der Waals surface area contributed by atoms with E-state index in [1.807, 2.05) is 6.20 Å². The average molecular weight is 467 g/mol. The molecule has 0 saturated carbocycles. The number of anilines is 1. The number of rotatable bonds is 5. The fourth-order valence-corrected chi connectivity index (χ4v) is 5.08. The Morgan fingerprint density at radius 2 is 1.91 bits per heavy atom. The zero-order valence-corrected chi connectivity index (χ0v) is 19.9. The van der Waals surface area contributed by atoms with E-state index in [9.17, 15) is 4.39 Å². The minimum atomic E-state index is -0.410. The maximum absolute atomic E-state index is 13.9. The van der Waals surface area contributed by atoms with Gasteiger partial charge in [-0.25, -0.2) is 9.37 Å². The molecule has 6 nitrogen and oxygen atoms in total. The Bertz CT molecular complexity index is 1470. The molecular weight excluding hydrogens is 439 g/mol. The van der Waals surface area contributed by atoms with Gasteiger partial charge in [0.05, 0.1) is 12.4 Å². The summed E-state index contributed by atoms with van der Waals surface area (Å²) in [5, 5.41) is 8.23. The largest absolute Gasteiger partial charge is 0.351 e. The van der Waals surface area contributed by atoms with Crippen LogP contribution in [0.15, 0.2) is 72.2 Å². The second kappa shape index (κ2) is 8.73. The van der Waals surface area contributed by atoms with Crippen molar-refractivity contribution in [2.75, 3.05) is 5.32 Å². The molecule has 1 atom stereocenters. The lowest BCUT2D eigenvalue weighted by Gasteiger charge is -2.25. The van der Waals surface area contributed by atoms with E-state index >= 15 is 0 Å². The van der Waals surface area contributed by atoms with Crippen LogP contribution in [-0.4, -0.2) is 30.6 Å². The van der Waals surface area contributed by atoms with Crippen LogP contribution in [-0.2, 0) is 0 Å². The standard InChI is InChI=1S/C28H27FN6/c1-17(2)25-16-31-35-27(25)33-26(22-12-23(29)15-30-14-22)34-28(35)32-24-9-8-19-10-20(11-21(19)13-24)18-6-4-3-5-7-18/h3-7,11-12,14-17,24H,8-10,13H2,1-2H3,(H,32,33,34). The molecule has 35 heavy (non-hydrogen) atoms. The first-order valence-electron chi connectivity index (χ1n) is 12.1. The van der Waals surface area contributed by atoms with E-state index in [1.54, 1.807) is 16.3 Å².